The fraction of sp³-hybridized carbons (Fsp3) is 0.217. The third-order valence-corrected chi connectivity index (χ3v) is 5.09. The molecule has 0 aliphatic carbocycles. The molecule has 2 aromatic carbocycles. The van der Waals surface area contributed by atoms with Gasteiger partial charge in [0, 0.05) is 12.1 Å². The van der Waals surface area contributed by atoms with Gasteiger partial charge in [0.1, 0.15) is 5.75 Å². The number of nitrogens with one attached hydrogen (secondary N) is 1. The molecule has 1 unspecified atom stereocenters. The zero-order valence-corrected chi connectivity index (χ0v) is 16.3. The van der Waals surface area contributed by atoms with Crippen LogP contribution >= 0.6 is 0 Å². The van der Waals surface area contributed by atoms with E-state index >= 15 is 0 Å². The Morgan fingerprint density at radius 1 is 1.07 bits per heavy atom. The van der Waals surface area contributed by atoms with E-state index < -0.39 is 0 Å². The molecule has 0 amide bonds. The predicted octanol–water partition coefficient (Wildman–Crippen LogP) is 4.36. The molecule has 1 N–H and O–H groups in total. The minimum absolute atomic E-state index is 0.0170. The maximum absolute atomic E-state index is 12.6. The van der Waals surface area contributed by atoms with Crippen LogP contribution in [0.25, 0.3) is 0 Å². The average Bonchev–Trinajstić information content (AvgIpc) is 3.13. The molecule has 0 saturated heterocycles. The monoisotopic (exact) mass is 373 g/mol. The zero-order chi connectivity index (χ0) is 19.7. The number of hydrogen-bond acceptors (Lipinski definition) is 4. The van der Waals surface area contributed by atoms with E-state index in [1.54, 1.807) is 7.11 Å². The summed E-state index contributed by atoms with van der Waals surface area (Å²) in [6.45, 7) is 3.86. The molecule has 1 atom stereocenters. The molecule has 2 heterocycles. The summed E-state index contributed by atoms with van der Waals surface area (Å²) in [7, 11) is 1.66. The normalized spacial score (nSPS) is 16.2. The highest BCUT2D eigenvalue weighted by Crippen LogP contribution is 2.37. The van der Waals surface area contributed by atoms with Crippen LogP contribution in [0.4, 0.5) is 5.69 Å². The number of ether oxygens (including phenoxy) is 1. The largest absolute Gasteiger partial charge is 0.497 e. The van der Waals surface area contributed by atoms with Crippen molar-refractivity contribution in [3.8, 4) is 5.75 Å². The summed E-state index contributed by atoms with van der Waals surface area (Å²) in [5.41, 5.74) is 5.33. The van der Waals surface area contributed by atoms with Crippen LogP contribution in [-0.4, -0.2) is 17.8 Å². The highest BCUT2D eigenvalue weighted by atomic mass is 16.5. The van der Waals surface area contributed by atoms with Crippen molar-refractivity contribution in [2.45, 2.75) is 26.3 Å². The Balaban J connectivity index is 1.79. The van der Waals surface area contributed by atoms with Crippen LogP contribution in [0.15, 0.2) is 70.6 Å². The van der Waals surface area contributed by atoms with E-state index in [0.717, 1.165) is 34.0 Å². The van der Waals surface area contributed by atoms with Crippen LogP contribution in [0.2, 0.25) is 0 Å². The van der Waals surface area contributed by atoms with Gasteiger partial charge in [-0.2, -0.15) is 5.10 Å². The third kappa shape index (κ3) is 3.31. The van der Waals surface area contributed by atoms with E-state index in [0.29, 0.717) is 12.0 Å². The maximum Gasteiger partial charge on any atom is 0.257 e. The maximum atomic E-state index is 12.6. The summed E-state index contributed by atoms with van der Waals surface area (Å²) in [6.07, 6.45) is 0.661. The first-order chi connectivity index (χ1) is 13.6. The summed E-state index contributed by atoms with van der Waals surface area (Å²) in [5.74, 6) is 0.819. The molecule has 142 valence electrons. The molecule has 5 nitrogen and oxygen atoms in total. The van der Waals surface area contributed by atoms with Gasteiger partial charge in [0.2, 0.25) is 0 Å². The van der Waals surface area contributed by atoms with Crippen molar-refractivity contribution in [3.63, 3.8) is 0 Å². The van der Waals surface area contributed by atoms with Crippen molar-refractivity contribution in [3.05, 3.63) is 93.4 Å². The van der Waals surface area contributed by atoms with Crippen LogP contribution in [0.1, 0.15) is 34.8 Å². The summed E-state index contributed by atoms with van der Waals surface area (Å²) in [6, 6.07) is 20.1. The van der Waals surface area contributed by atoms with E-state index in [9.17, 15) is 4.79 Å². The number of rotatable bonds is 4. The van der Waals surface area contributed by atoms with Crippen molar-refractivity contribution in [2.75, 3.05) is 12.1 Å². The van der Waals surface area contributed by atoms with Gasteiger partial charge in [-0.25, -0.2) is 0 Å². The Hall–Kier alpha value is -3.34. The minimum atomic E-state index is -0.0837. The summed E-state index contributed by atoms with van der Waals surface area (Å²) in [5, 5.41) is 6.89. The standard InChI is InChI=1S/C23H23N3O2/c1-15-13-16(2)24-23(27)22(15)20-14-21(17-9-11-19(28-3)12-10-17)26(25-20)18-7-5-4-6-8-18/h4-13,21H,14H2,1-3H3,(H,24,27). The van der Waals surface area contributed by atoms with Gasteiger partial charge < -0.3 is 9.72 Å². The number of pyridine rings is 1. The third-order valence-electron chi connectivity index (χ3n) is 5.09. The van der Waals surface area contributed by atoms with E-state index in [-0.39, 0.29) is 11.6 Å². The van der Waals surface area contributed by atoms with Crippen LogP contribution < -0.4 is 15.3 Å². The molecule has 0 fully saturated rings. The second kappa shape index (κ2) is 7.35. The number of aryl methyl sites for hydroxylation is 2. The van der Waals surface area contributed by atoms with Gasteiger partial charge in [-0.3, -0.25) is 9.80 Å². The molecule has 0 bridgehead atoms. The van der Waals surface area contributed by atoms with Gasteiger partial charge in [0.25, 0.3) is 5.56 Å². The first-order valence-electron chi connectivity index (χ1n) is 9.33. The molecule has 3 aromatic rings. The molecular weight excluding hydrogens is 350 g/mol. The number of nitrogens with zero attached hydrogens (tertiary/aromatic N) is 2. The van der Waals surface area contributed by atoms with Gasteiger partial charge in [0.05, 0.1) is 30.1 Å². The Kier molecular flexibility index (Phi) is 4.74. The van der Waals surface area contributed by atoms with Crippen LogP contribution in [0.3, 0.4) is 0 Å². The van der Waals surface area contributed by atoms with Gasteiger partial charge >= 0.3 is 0 Å². The van der Waals surface area contributed by atoms with E-state index in [1.807, 2.05) is 67.4 Å². The zero-order valence-electron chi connectivity index (χ0n) is 16.3. The first kappa shape index (κ1) is 18.0. The summed E-state index contributed by atoms with van der Waals surface area (Å²) in [4.78, 5) is 15.6. The number of hydrogen-bond donors (Lipinski definition) is 1. The second-order valence-electron chi connectivity index (χ2n) is 7.06. The number of para-hydroxylation sites is 1. The molecular formula is C23H23N3O2. The van der Waals surface area contributed by atoms with Gasteiger partial charge in [-0.15, -0.1) is 0 Å². The topological polar surface area (TPSA) is 57.7 Å². The van der Waals surface area contributed by atoms with E-state index in [1.165, 1.54) is 0 Å². The lowest BCUT2D eigenvalue weighted by molar-refractivity contribution is 0.414. The van der Waals surface area contributed by atoms with Crippen LogP contribution in [0.5, 0.6) is 5.75 Å². The van der Waals surface area contributed by atoms with Crippen LogP contribution in [0, 0.1) is 13.8 Å². The molecule has 5 heteroatoms. The fourth-order valence-electron chi connectivity index (χ4n) is 3.78. The highest BCUT2D eigenvalue weighted by Gasteiger charge is 2.31. The summed E-state index contributed by atoms with van der Waals surface area (Å²) < 4.78 is 5.29. The average molecular weight is 373 g/mol. The highest BCUT2D eigenvalue weighted by molar-refractivity contribution is 6.04. The molecule has 1 aliphatic heterocycles. The SMILES string of the molecule is COc1ccc(C2CC(c3c(C)cc(C)[nH]c3=O)=NN2c2ccccc2)cc1. The molecule has 0 radical (unpaired) electrons. The van der Waals surface area contributed by atoms with E-state index in [2.05, 4.69) is 17.1 Å². The number of hydrazone groups is 1. The van der Waals surface area contributed by atoms with Crippen molar-refractivity contribution >= 4 is 11.4 Å². The quantitative estimate of drug-likeness (QED) is 0.739. The van der Waals surface area contributed by atoms with E-state index in [4.69, 9.17) is 9.84 Å². The first-order valence-corrected chi connectivity index (χ1v) is 9.33. The Morgan fingerprint density at radius 2 is 1.79 bits per heavy atom. The molecule has 0 saturated carbocycles. The number of methoxy groups -OCH3 is 1. The van der Waals surface area contributed by atoms with Crippen molar-refractivity contribution in [2.24, 2.45) is 5.10 Å². The lowest BCUT2D eigenvalue weighted by Crippen LogP contribution is -2.20. The lowest BCUT2D eigenvalue weighted by atomic mass is 9.96. The van der Waals surface area contributed by atoms with Crippen molar-refractivity contribution in [1.82, 2.24) is 4.98 Å². The number of anilines is 1. The number of aromatic amines is 1. The molecule has 4 rings (SSSR count). The minimum Gasteiger partial charge on any atom is -0.497 e. The molecule has 0 spiro atoms. The summed E-state index contributed by atoms with van der Waals surface area (Å²) >= 11 is 0. The predicted molar refractivity (Wildman–Crippen MR) is 112 cm³/mol. The van der Waals surface area contributed by atoms with Gasteiger partial charge in [0.15, 0.2) is 0 Å². The molecule has 1 aromatic heterocycles. The Morgan fingerprint density at radius 3 is 2.43 bits per heavy atom. The van der Waals surface area contributed by atoms with Crippen LogP contribution in [-0.2, 0) is 0 Å². The Labute approximate surface area is 164 Å². The van der Waals surface area contributed by atoms with Gasteiger partial charge in [-0.05, 0) is 55.3 Å². The molecule has 1 aliphatic rings. The van der Waals surface area contributed by atoms with Crippen molar-refractivity contribution < 1.29 is 4.74 Å². The fourth-order valence-corrected chi connectivity index (χ4v) is 3.78. The second-order valence-corrected chi connectivity index (χ2v) is 7.06. The number of benzene rings is 2. The van der Waals surface area contributed by atoms with Gasteiger partial charge in [-0.1, -0.05) is 30.3 Å². The number of H-pyrrole nitrogens is 1. The lowest BCUT2D eigenvalue weighted by Gasteiger charge is -2.24. The molecule has 28 heavy (non-hydrogen) atoms. The van der Waals surface area contributed by atoms with Crippen molar-refractivity contribution in [1.29, 1.82) is 0 Å². The number of aromatic nitrogens is 1. The Bertz CT molecular complexity index is 1070. The smallest absolute Gasteiger partial charge is 0.257 e.